The van der Waals surface area contributed by atoms with Gasteiger partial charge in [-0.25, -0.2) is 14.8 Å². The molecule has 0 N–H and O–H groups in total. The third-order valence-corrected chi connectivity index (χ3v) is 2.93. The standard InChI is InChI=1S/C15H21N3O2/c1-11-9-16-13(17-10-11)12-5-7-18(8-6-12)14(19)20-15(2,3)4/h5,9-10H,6-8H2,1-4H3. The van der Waals surface area contributed by atoms with Crippen LogP contribution in [-0.4, -0.2) is 39.7 Å². The smallest absolute Gasteiger partial charge is 0.410 e. The Bertz CT molecular complexity index is 515. The van der Waals surface area contributed by atoms with Crippen molar-refractivity contribution in [1.29, 1.82) is 0 Å². The molecule has 0 bridgehead atoms. The van der Waals surface area contributed by atoms with Gasteiger partial charge in [-0.1, -0.05) is 6.08 Å². The molecule has 108 valence electrons. The predicted molar refractivity (Wildman–Crippen MR) is 77.2 cm³/mol. The van der Waals surface area contributed by atoms with E-state index >= 15 is 0 Å². The van der Waals surface area contributed by atoms with E-state index in [0.717, 1.165) is 23.4 Å². The first-order chi connectivity index (χ1) is 9.35. The van der Waals surface area contributed by atoms with Gasteiger partial charge in [0, 0.05) is 25.5 Å². The molecular formula is C15H21N3O2. The topological polar surface area (TPSA) is 55.3 Å². The second-order valence-electron chi connectivity index (χ2n) is 5.99. The first-order valence-electron chi connectivity index (χ1n) is 6.81. The van der Waals surface area contributed by atoms with Gasteiger partial charge in [-0.15, -0.1) is 0 Å². The molecule has 2 heterocycles. The molecule has 0 saturated heterocycles. The minimum atomic E-state index is -0.457. The molecule has 1 aromatic heterocycles. The number of aryl methyl sites for hydroxylation is 1. The van der Waals surface area contributed by atoms with Crippen molar-refractivity contribution in [1.82, 2.24) is 14.9 Å². The number of amides is 1. The van der Waals surface area contributed by atoms with Gasteiger partial charge >= 0.3 is 6.09 Å². The van der Waals surface area contributed by atoms with Crippen LogP contribution >= 0.6 is 0 Å². The molecule has 1 aliphatic rings. The van der Waals surface area contributed by atoms with Crippen molar-refractivity contribution < 1.29 is 9.53 Å². The predicted octanol–water partition coefficient (Wildman–Crippen LogP) is 2.81. The van der Waals surface area contributed by atoms with Crippen LogP contribution in [0.5, 0.6) is 0 Å². The summed E-state index contributed by atoms with van der Waals surface area (Å²) >= 11 is 0. The lowest BCUT2D eigenvalue weighted by Crippen LogP contribution is -2.39. The van der Waals surface area contributed by atoms with E-state index in [4.69, 9.17) is 4.74 Å². The number of rotatable bonds is 1. The van der Waals surface area contributed by atoms with E-state index in [1.165, 1.54) is 0 Å². The van der Waals surface area contributed by atoms with Crippen molar-refractivity contribution >= 4 is 11.7 Å². The van der Waals surface area contributed by atoms with E-state index in [2.05, 4.69) is 9.97 Å². The lowest BCUT2D eigenvalue weighted by atomic mass is 10.1. The van der Waals surface area contributed by atoms with E-state index in [1.54, 1.807) is 4.90 Å². The number of carbonyl (C=O) groups excluding carboxylic acids is 1. The molecule has 0 fully saturated rings. The molecule has 1 amide bonds. The first-order valence-corrected chi connectivity index (χ1v) is 6.81. The summed E-state index contributed by atoms with van der Waals surface area (Å²) in [5, 5.41) is 0. The molecular weight excluding hydrogens is 254 g/mol. The summed E-state index contributed by atoms with van der Waals surface area (Å²) in [6.45, 7) is 8.76. The molecule has 20 heavy (non-hydrogen) atoms. The Morgan fingerprint density at radius 3 is 2.45 bits per heavy atom. The van der Waals surface area contributed by atoms with Gasteiger partial charge in [0.1, 0.15) is 5.60 Å². The van der Waals surface area contributed by atoms with Crippen molar-refractivity contribution in [3.05, 3.63) is 29.9 Å². The minimum Gasteiger partial charge on any atom is -0.444 e. The molecule has 1 aromatic rings. The molecule has 0 spiro atoms. The highest BCUT2D eigenvalue weighted by Crippen LogP contribution is 2.20. The summed E-state index contributed by atoms with van der Waals surface area (Å²) in [5.74, 6) is 0.749. The van der Waals surface area contributed by atoms with Gasteiger partial charge in [-0.2, -0.15) is 0 Å². The summed E-state index contributed by atoms with van der Waals surface area (Å²) in [5.41, 5.74) is 1.67. The van der Waals surface area contributed by atoms with Crippen molar-refractivity contribution in [3.8, 4) is 0 Å². The highest BCUT2D eigenvalue weighted by Gasteiger charge is 2.24. The number of aromatic nitrogens is 2. The molecule has 5 nitrogen and oxygen atoms in total. The number of hydrogen-bond acceptors (Lipinski definition) is 4. The van der Waals surface area contributed by atoms with E-state index in [-0.39, 0.29) is 6.09 Å². The maximum Gasteiger partial charge on any atom is 0.410 e. The Hall–Kier alpha value is -1.91. The third kappa shape index (κ3) is 3.79. The summed E-state index contributed by atoms with van der Waals surface area (Å²) in [4.78, 5) is 22.3. The van der Waals surface area contributed by atoms with Gasteiger partial charge < -0.3 is 9.64 Å². The highest BCUT2D eigenvalue weighted by molar-refractivity contribution is 5.71. The number of ether oxygens (including phenoxy) is 1. The van der Waals surface area contributed by atoms with Crippen LogP contribution in [0.3, 0.4) is 0 Å². The zero-order chi connectivity index (χ0) is 14.8. The Labute approximate surface area is 119 Å². The maximum atomic E-state index is 11.9. The molecule has 0 aromatic carbocycles. The summed E-state index contributed by atoms with van der Waals surface area (Å²) in [6.07, 6.45) is 6.10. The van der Waals surface area contributed by atoms with Crippen LogP contribution < -0.4 is 0 Å². The van der Waals surface area contributed by atoms with Crippen molar-refractivity contribution in [2.75, 3.05) is 13.1 Å². The van der Waals surface area contributed by atoms with Gasteiger partial charge in [-0.05, 0) is 45.3 Å². The fourth-order valence-corrected chi connectivity index (χ4v) is 1.92. The highest BCUT2D eigenvalue weighted by atomic mass is 16.6. The molecule has 0 aliphatic carbocycles. The Morgan fingerprint density at radius 1 is 1.30 bits per heavy atom. The van der Waals surface area contributed by atoms with Crippen LogP contribution in [0, 0.1) is 6.92 Å². The second-order valence-corrected chi connectivity index (χ2v) is 5.99. The summed E-state index contributed by atoms with van der Waals surface area (Å²) < 4.78 is 5.36. The van der Waals surface area contributed by atoms with E-state index in [1.807, 2.05) is 46.2 Å². The van der Waals surface area contributed by atoms with Crippen LogP contribution in [-0.2, 0) is 4.74 Å². The monoisotopic (exact) mass is 275 g/mol. The third-order valence-electron chi connectivity index (χ3n) is 2.93. The zero-order valence-electron chi connectivity index (χ0n) is 12.5. The number of carbonyl (C=O) groups is 1. The van der Waals surface area contributed by atoms with E-state index in [9.17, 15) is 4.79 Å². The van der Waals surface area contributed by atoms with Crippen molar-refractivity contribution in [2.45, 2.75) is 39.7 Å². The summed E-state index contributed by atoms with van der Waals surface area (Å²) in [6, 6.07) is 0. The minimum absolute atomic E-state index is 0.266. The Kier molecular flexibility index (Phi) is 4.06. The molecule has 5 heteroatoms. The maximum absolute atomic E-state index is 11.9. The Balaban J connectivity index is 2.00. The van der Waals surface area contributed by atoms with Gasteiger partial charge in [-0.3, -0.25) is 0 Å². The van der Waals surface area contributed by atoms with E-state index < -0.39 is 5.60 Å². The first kappa shape index (κ1) is 14.5. The SMILES string of the molecule is Cc1cnc(C2=CCN(C(=O)OC(C)(C)C)CC2)nc1. The average Bonchev–Trinajstić information content (AvgIpc) is 2.38. The largest absolute Gasteiger partial charge is 0.444 e. The fraction of sp³-hybridized carbons (Fsp3) is 0.533. The van der Waals surface area contributed by atoms with Crippen LogP contribution in [0.2, 0.25) is 0 Å². The Morgan fingerprint density at radius 2 is 1.95 bits per heavy atom. The molecule has 2 rings (SSSR count). The second kappa shape index (κ2) is 5.61. The number of nitrogens with zero attached hydrogens (tertiary/aromatic N) is 3. The lowest BCUT2D eigenvalue weighted by Gasteiger charge is -2.29. The van der Waals surface area contributed by atoms with E-state index in [0.29, 0.717) is 13.1 Å². The van der Waals surface area contributed by atoms with Crippen LogP contribution in [0.4, 0.5) is 4.79 Å². The lowest BCUT2D eigenvalue weighted by molar-refractivity contribution is 0.0270. The van der Waals surface area contributed by atoms with Gasteiger partial charge in [0.2, 0.25) is 0 Å². The fourth-order valence-electron chi connectivity index (χ4n) is 1.92. The van der Waals surface area contributed by atoms with Crippen molar-refractivity contribution in [3.63, 3.8) is 0 Å². The van der Waals surface area contributed by atoms with Gasteiger partial charge in [0.05, 0.1) is 0 Å². The zero-order valence-corrected chi connectivity index (χ0v) is 12.5. The normalized spacial score (nSPS) is 15.8. The average molecular weight is 275 g/mol. The van der Waals surface area contributed by atoms with Crippen LogP contribution in [0.25, 0.3) is 5.57 Å². The van der Waals surface area contributed by atoms with Crippen LogP contribution in [0.1, 0.15) is 38.6 Å². The van der Waals surface area contributed by atoms with Gasteiger partial charge in [0.15, 0.2) is 5.82 Å². The molecule has 0 atom stereocenters. The summed E-state index contributed by atoms with van der Waals surface area (Å²) in [7, 11) is 0. The van der Waals surface area contributed by atoms with Crippen LogP contribution in [0.15, 0.2) is 18.5 Å². The number of hydrogen-bond donors (Lipinski definition) is 0. The van der Waals surface area contributed by atoms with Crippen molar-refractivity contribution in [2.24, 2.45) is 0 Å². The quantitative estimate of drug-likeness (QED) is 0.791. The molecule has 0 saturated carbocycles. The van der Waals surface area contributed by atoms with Gasteiger partial charge in [0.25, 0.3) is 0 Å². The molecule has 0 radical (unpaired) electrons. The molecule has 1 aliphatic heterocycles. The molecule has 0 unspecified atom stereocenters.